The zero-order chi connectivity index (χ0) is 13.4. The third-order valence-electron chi connectivity index (χ3n) is 3.39. The minimum Gasteiger partial charge on any atom is -0.478 e. The number of benzene rings is 3. The molecule has 0 unspecified atom stereocenters. The van der Waals surface area contributed by atoms with Gasteiger partial charge in [0.15, 0.2) is 0 Å². The Morgan fingerprint density at radius 3 is 2.42 bits per heavy atom. The minimum absolute atomic E-state index is 0.318. The van der Waals surface area contributed by atoms with E-state index in [-0.39, 0.29) is 0 Å². The number of aromatic carboxylic acids is 1. The SMILES string of the molecule is C=Cc1ccc2c(ccc3ccccc32)c1C(=O)O. The van der Waals surface area contributed by atoms with Crippen molar-refractivity contribution in [3.05, 3.63) is 66.2 Å². The molecule has 2 heteroatoms. The van der Waals surface area contributed by atoms with Crippen LogP contribution in [-0.2, 0) is 0 Å². The van der Waals surface area contributed by atoms with Crippen molar-refractivity contribution in [1.29, 1.82) is 0 Å². The first-order valence-corrected chi connectivity index (χ1v) is 6.02. The summed E-state index contributed by atoms with van der Waals surface area (Å²) in [7, 11) is 0. The molecule has 0 aliphatic heterocycles. The molecular formula is C17H12O2. The van der Waals surface area contributed by atoms with Crippen molar-refractivity contribution < 1.29 is 9.90 Å². The average molecular weight is 248 g/mol. The lowest BCUT2D eigenvalue weighted by Crippen LogP contribution is -2.01. The molecule has 0 bridgehead atoms. The summed E-state index contributed by atoms with van der Waals surface area (Å²) >= 11 is 0. The maximum absolute atomic E-state index is 11.5. The van der Waals surface area contributed by atoms with Gasteiger partial charge in [-0.05, 0) is 27.1 Å². The summed E-state index contributed by atoms with van der Waals surface area (Å²) < 4.78 is 0. The molecule has 2 nitrogen and oxygen atoms in total. The maximum Gasteiger partial charge on any atom is 0.336 e. The first-order valence-electron chi connectivity index (χ1n) is 6.02. The van der Waals surface area contributed by atoms with Gasteiger partial charge in [-0.15, -0.1) is 0 Å². The molecule has 0 aliphatic rings. The topological polar surface area (TPSA) is 37.3 Å². The number of carboxylic acid groups (broad SMARTS) is 1. The lowest BCUT2D eigenvalue weighted by Gasteiger charge is -2.09. The van der Waals surface area contributed by atoms with Crippen LogP contribution in [0.2, 0.25) is 0 Å². The predicted molar refractivity (Wildman–Crippen MR) is 78.5 cm³/mol. The average Bonchev–Trinajstić information content (AvgIpc) is 2.45. The van der Waals surface area contributed by atoms with E-state index in [9.17, 15) is 9.90 Å². The molecular weight excluding hydrogens is 236 g/mol. The van der Waals surface area contributed by atoms with Crippen molar-refractivity contribution >= 4 is 33.6 Å². The van der Waals surface area contributed by atoms with Crippen molar-refractivity contribution in [2.75, 3.05) is 0 Å². The Hall–Kier alpha value is -2.61. The molecule has 0 saturated carbocycles. The summed E-state index contributed by atoms with van der Waals surface area (Å²) in [6.45, 7) is 3.68. The van der Waals surface area contributed by atoms with Gasteiger partial charge in [-0.3, -0.25) is 0 Å². The van der Waals surface area contributed by atoms with Crippen LogP contribution in [0.4, 0.5) is 0 Å². The number of rotatable bonds is 2. The summed E-state index contributed by atoms with van der Waals surface area (Å²) in [5.74, 6) is -0.921. The molecule has 0 aliphatic carbocycles. The first-order chi connectivity index (χ1) is 9.22. The first kappa shape index (κ1) is 11.5. The number of carboxylic acids is 1. The molecule has 92 valence electrons. The lowest BCUT2D eigenvalue weighted by molar-refractivity contribution is 0.0699. The van der Waals surface area contributed by atoms with Gasteiger partial charge in [0.25, 0.3) is 0 Å². The Morgan fingerprint density at radius 1 is 0.947 bits per heavy atom. The number of hydrogen-bond donors (Lipinski definition) is 1. The second-order valence-corrected chi connectivity index (χ2v) is 4.42. The highest BCUT2D eigenvalue weighted by molar-refractivity contribution is 6.15. The van der Waals surface area contributed by atoms with Crippen LogP contribution in [0.15, 0.2) is 55.1 Å². The monoisotopic (exact) mass is 248 g/mol. The van der Waals surface area contributed by atoms with E-state index in [1.54, 1.807) is 6.08 Å². The summed E-state index contributed by atoms with van der Waals surface area (Å²) in [5.41, 5.74) is 0.966. The molecule has 3 rings (SSSR count). The van der Waals surface area contributed by atoms with E-state index >= 15 is 0 Å². The zero-order valence-electron chi connectivity index (χ0n) is 10.3. The molecule has 0 atom stereocenters. The molecule has 0 spiro atoms. The van der Waals surface area contributed by atoms with Gasteiger partial charge in [0.1, 0.15) is 0 Å². The Balaban J connectivity index is 2.54. The van der Waals surface area contributed by atoms with E-state index in [0.29, 0.717) is 11.1 Å². The Morgan fingerprint density at radius 2 is 1.68 bits per heavy atom. The van der Waals surface area contributed by atoms with Crippen LogP contribution in [0.1, 0.15) is 15.9 Å². The van der Waals surface area contributed by atoms with Gasteiger partial charge in [-0.25, -0.2) is 4.79 Å². The molecule has 0 heterocycles. The fourth-order valence-corrected chi connectivity index (χ4v) is 2.51. The van der Waals surface area contributed by atoms with E-state index in [4.69, 9.17) is 0 Å². The molecule has 3 aromatic rings. The summed E-state index contributed by atoms with van der Waals surface area (Å²) in [5, 5.41) is 13.3. The van der Waals surface area contributed by atoms with Gasteiger partial charge < -0.3 is 5.11 Å². The molecule has 3 aromatic carbocycles. The second kappa shape index (κ2) is 4.25. The molecule has 0 fully saturated rings. The van der Waals surface area contributed by atoms with Crippen LogP contribution in [0.5, 0.6) is 0 Å². The lowest BCUT2D eigenvalue weighted by atomic mass is 9.95. The van der Waals surface area contributed by atoms with E-state index < -0.39 is 5.97 Å². The predicted octanol–water partition coefficient (Wildman–Crippen LogP) is 4.33. The molecule has 0 saturated heterocycles. The molecule has 1 N–H and O–H groups in total. The van der Waals surface area contributed by atoms with Gasteiger partial charge in [-0.1, -0.05) is 61.2 Å². The quantitative estimate of drug-likeness (QED) is 0.685. The van der Waals surface area contributed by atoms with Crippen LogP contribution in [0.25, 0.3) is 27.6 Å². The van der Waals surface area contributed by atoms with Gasteiger partial charge in [0.2, 0.25) is 0 Å². The highest BCUT2D eigenvalue weighted by Crippen LogP contribution is 2.30. The summed E-state index contributed by atoms with van der Waals surface area (Å²) in [4.78, 5) is 11.5. The Kier molecular flexibility index (Phi) is 2.57. The van der Waals surface area contributed by atoms with Crippen LogP contribution in [-0.4, -0.2) is 11.1 Å². The van der Waals surface area contributed by atoms with Crippen molar-refractivity contribution in [2.24, 2.45) is 0 Å². The minimum atomic E-state index is -0.921. The van der Waals surface area contributed by atoms with Gasteiger partial charge in [0.05, 0.1) is 5.56 Å². The van der Waals surface area contributed by atoms with Crippen molar-refractivity contribution in [3.63, 3.8) is 0 Å². The van der Waals surface area contributed by atoms with Crippen molar-refractivity contribution in [2.45, 2.75) is 0 Å². The van der Waals surface area contributed by atoms with E-state index in [1.807, 2.05) is 48.5 Å². The van der Waals surface area contributed by atoms with E-state index in [0.717, 1.165) is 21.5 Å². The van der Waals surface area contributed by atoms with Crippen LogP contribution >= 0.6 is 0 Å². The van der Waals surface area contributed by atoms with E-state index in [1.165, 1.54) is 0 Å². The zero-order valence-corrected chi connectivity index (χ0v) is 10.3. The Labute approximate surface area is 110 Å². The van der Waals surface area contributed by atoms with Crippen molar-refractivity contribution in [1.82, 2.24) is 0 Å². The van der Waals surface area contributed by atoms with Crippen LogP contribution < -0.4 is 0 Å². The highest BCUT2D eigenvalue weighted by atomic mass is 16.4. The highest BCUT2D eigenvalue weighted by Gasteiger charge is 2.13. The maximum atomic E-state index is 11.5. The van der Waals surface area contributed by atoms with E-state index in [2.05, 4.69) is 6.58 Å². The van der Waals surface area contributed by atoms with Gasteiger partial charge >= 0.3 is 5.97 Å². The number of hydrogen-bond acceptors (Lipinski definition) is 1. The Bertz CT molecular complexity index is 816. The van der Waals surface area contributed by atoms with Crippen LogP contribution in [0.3, 0.4) is 0 Å². The summed E-state index contributed by atoms with van der Waals surface area (Å²) in [6.07, 6.45) is 1.58. The molecule has 0 radical (unpaired) electrons. The van der Waals surface area contributed by atoms with Crippen molar-refractivity contribution in [3.8, 4) is 0 Å². The fraction of sp³-hybridized carbons (Fsp3) is 0. The molecule has 19 heavy (non-hydrogen) atoms. The van der Waals surface area contributed by atoms with Gasteiger partial charge in [-0.2, -0.15) is 0 Å². The van der Waals surface area contributed by atoms with Crippen LogP contribution in [0, 0.1) is 0 Å². The van der Waals surface area contributed by atoms with Gasteiger partial charge in [0, 0.05) is 0 Å². The number of fused-ring (bicyclic) bond motifs is 3. The molecule has 0 amide bonds. The largest absolute Gasteiger partial charge is 0.478 e. The smallest absolute Gasteiger partial charge is 0.336 e. The molecule has 0 aromatic heterocycles. The fourth-order valence-electron chi connectivity index (χ4n) is 2.51. The second-order valence-electron chi connectivity index (χ2n) is 4.42. The normalized spacial score (nSPS) is 10.7. The third kappa shape index (κ3) is 1.69. The third-order valence-corrected chi connectivity index (χ3v) is 3.39. The standard InChI is InChI=1S/C17H12O2/c1-2-11-7-9-14-13-6-4-3-5-12(13)8-10-15(14)16(11)17(18)19/h2-10H,1H2,(H,18,19). The number of carbonyl (C=O) groups is 1. The summed E-state index contributed by atoms with van der Waals surface area (Å²) in [6, 6.07) is 15.6.